The van der Waals surface area contributed by atoms with Crippen LogP contribution in [0.5, 0.6) is 0 Å². The van der Waals surface area contributed by atoms with Gasteiger partial charge >= 0.3 is 0 Å². The predicted octanol–water partition coefficient (Wildman–Crippen LogP) is 4.00. The summed E-state index contributed by atoms with van der Waals surface area (Å²) in [7, 11) is 0. The summed E-state index contributed by atoms with van der Waals surface area (Å²) in [6.07, 6.45) is 5.66. The second-order valence-corrected chi connectivity index (χ2v) is 10.2. The van der Waals surface area contributed by atoms with Gasteiger partial charge in [-0.3, -0.25) is 19.5 Å². The number of benzene rings is 2. The normalized spacial score (nSPS) is 21.5. The third-order valence-corrected chi connectivity index (χ3v) is 7.73. The minimum atomic E-state index is -0.524. The standard InChI is InChI=1S/C28H28N4O2/c29-17-19-1-3-21(4-2-19)22-5-7-23(8-6-22)25-30-28(13-14-28)27(34)32(25)18-20-11-15-31(16-12-20)26(33)24-9-10-24/h1-8,20,24H,9-16,18H2. The molecule has 2 heterocycles. The van der Waals surface area contributed by atoms with Gasteiger partial charge in [-0.25, -0.2) is 0 Å². The van der Waals surface area contributed by atoms with Crippen LogP contribution in [0.4, 0.5) is 0 Å². The molecule has 6 rings (SSSR count). The number of nitrogens with zero attached hydrogens (tertiary/aromatic N) is 4. The van der Waals surface area contributed by atoms with Crippen molar-refractivity contribution in [1.29, 1.82) is 5.26 Å². The largest absolute Gasteiger partial charge is 0.342 e. The van der Waals surface area contributed by atoms with Gasteiger partial charge in [0.15, 0.2) is 0 Å². The Labute approximate surface area is 199 Å². The Morgan fingerprint density at radius 1 is 0.941 bits per heavy atom. The van der Waals surface area contributed by atoms with Crippen molar-refractivity contribution in [3.8, 4) is 17.2 Å². The van der Waals surface area contributed by atoms with Crippen molar-refractivity contribution in [3.05, 3.63) is 59.7 Å². The molecule has 0 bridgehead atoms. The number of amidine groups is 1. The van der Waals surface area contributed by atoms with Gasteiger partial charge in [0.1, 0.15) is 11.4 Å². The van der Waals surface area contributed by atoms with Crippen molar-refractivity contribution in [3.63, 3.8) is 0 Å². The van der Waals surface area contributed by atoms with Crippen LogP contribution in [0.1, 0.15) is 49.7 Å². The first-order chi connectivity index (χ1) is 16.6. The zero-order chi connectivity index (χ0) is 23.3. The van der Waals surface area contributed by atoms with E-state index in [2.05, 4.69) is 18.2 Å². The van der Waals surface area contributed by atoms with Crippen LogP contribution in [0.3, 0.4) is 0 Å². The molecule has 0 atom stereocenters. The van der Waals surface area contributed by atoms with Crippen molar-refractivity contribution in [2.45, 2.75) is 44.1 Å². The number of amides is 2. The molecular weight excluding hydrogens is 424 g/mol. The van der Waals surface area contributed by atoms with Crippen LogP contribution in [0, 0.1) is 23.2 Å². The third kappa shape index (κ3) is 3.79. The number of piperidine rings is 1. The molecule has 2 aromatic rings. The van der Waals surface area contributed by atoms with E-state index in [1.165, 1.54) is 0 Å². The Hall–Kier alpha value is -3.46. The van der Waals surface area contributed by atoms with Gasteiger partial charge in [-0.15, -0.1) is 0 Å². The molecule has 1 spiro atoms. The second-order valence-electron chi connectivity index (χ2n) is 10.2. The van der Waals surface area contributed by atoms with Gasteiger partial charge in [0.25, 0.3) is 5.91 Å². The molecule has 2 saturated carbocycles. The summed E-state index contributed by atoms with van der Waals surface area (Å²) in [6, 6.07) is 17.9. The summed E-state index contributed by atoms with van der Waals surface area (Å²) >= 11 is 0. The highest BCUT2D eigenvalue weighted by molar-refractivity contribution is 6.16. The van der Waals surface area contributed by atoms with Gasteiger partial charge < -0.3 is 4.90 Å². The van der Waals surface area contributed by atoms with E-state index in [1.54, 1.807) is 0 Å². The molecule has 0 N–H and O–H groups in total. The molecule has 0 radical (unpaired) electrons. The molecule has 3 fully saturated rings. The van der Waals surface area contributed by atoms with Crippen LogP contribution in [0.15, 0.2) is 53.5 Å². The van der Waals surface area contributed by atoms with Crippen LogP contribution in [-0.4, -0.2) is 52.6 Å². The van der Waals surface area contributed by atoms with E-state index in [4.69, 9.17) is 10.3 Å². The maximum atomic E-state index is 13.3. The molecular formula is C28H28N4O2. The first kappa shape index (κ1) is 21.1. The molecule has 4 aliphatic rings. The molecule has 0 unspecified atom stereocenters. The van der Waals surface area contributed by atoms with Crippen molar-refractivity contribution in [2.24, 2.45) is 16.8 Å². The average Bonchev–Trinajstić information content (AvgIpc) is 3.81. The minimum Gasteiger partial charge on any atom is -0.342 e. The minimum absolute atomic E-state index is 0.148. The molecule has 6 nitrogen and oxygen atoms in total. The van der Waals surface area contributed by atoms with Crippen molar-refractivity contribution in [2.75, 3.05) is 19.6 Å². The lowest BCUT2D eigenvalue weighted by atomic mass is 9.95. The molecule has 2 aromatic carbocycles. The molecule has 2 aliphatic carbocycles. The highest BCUT2D eigenvalue weighted by atomic mass is 16.2. The van der Waals surface area contributed by atoms with E-state index < -0.39 is 5.54 Å². The van der Waals surface area contributed by atoms with Crippen molar-refractivity contribution in [1.82, 2.24) is 9.80 Å². The lowest BCUT2D eigenvalue weighted by molar-refractivity contribution is -0.134. The second kappa shape index (κ2) is 8.09. The van der Waals surface area contributed by atoms with E-state index in [0.29, 0.717) is 23.9 Å². The van der Waals surface area contributed by atoms with E-state index >= 15 is 0 Å². The van der Waals surface area contributed by atoms with Gasteiger partial charge in [-0.2, -0.15) is 5.26 Å². The van der Waals surface area contributed by atoms with E-state index in [-0.39, 0.29) is 11.8 Å². The summed E-state index contributed by atoms with van der Waals surface area (Å²) in [6.45, 7) is 2.29. The predicted molar refractivity (Wildman–Crippen MR) is 129 cm³/mol. The molecule has 1 saturated heterocycles. The summed E-state index contributed by atoms with van der Waals surface area (Å²) in [5.41, 5.74) is 3.21. The zero-order valence-corrected chi connectivity index (χ0v) is 19.2. The summed E-state index contributed by atoms with van der Waals surface area (Å²) in [5, 5.41) is 9.02. The molecule has 2 aliphatic heterocycles. The van der Waals surface area contributed by atoms with Gasteiger partial charge in [0, 0.05) is 31.1 Å². The molecule has 172 valence electrons. The maximum absolute atomic E-state index is 13.3. The Bertz CT molecular complexity index is 1190. The number of carbonyl (C=O) groups is 2. The highest BCUT2D eigenvalue weighted by Crippen LogP contribution is 2.46. The quantitative estimate of drug-likeness (QED) is 0.688. The van der Waals surface area contributed by atoms with Crippen LogP contribution in [0.2, 0.25) is 0 Å². The molecule has 2 amide bonds. The topological polar surface area (TPSA) is 76.8 Å². The number of hydrogen-bond donors (Lipinski definition) is 0. The summed E-state index contributed by atoms with van der Waals surface area (Å²) in [5.74, 6) is 1.94. The van der Waals surface area contributed by atoms with Crippen LogP contribution in [0.25, 0.3) is 11.1 Å². The fourth-order valence-corrected chi connectivity index (χ4v) is 5.22. The zero-order valence-electron chi connectivity index (χ0n) is 19.2. The molecule has 0 aromatic heterocycles. The molecule has 6 heteroatoms. The van der Waals surface area contributed by atoms with Gasteiger partial charge in [0.2, 0.25) is 5.91 Å². The third-order valence-electron chi connectivity index (χ3n) is 7.73. The Kier molecular flexibility index (Phi) is 5.02. The highest BCUT2D eigenvalue weighted by Gasteiger charge is 2.57. The van der Waals surface area contributed by atoms with E-state index in [1.807, 2.05) is 46.2 Å². The Balaban J connectivity index is 1.17. The van der Waals surface area contributed by atoms with Crippen LogP contribution < -0.4 is 0 Å². The van der Waals surface area contributed by atoms with E-state index in [0.717, 1.165) is 74.1 Å². The smallest absolute Gasteiger partial charge is 0.256 e. The first-order valence-corrected chi connectivity index (χ1v) is 12.4. The number of nitriles is 1. The van der Waals surface area contributed by atoms with Crippen LogP contribution >= 0.6 is 0 Å². The number of likely N-dealkylation sites (tertiary alicyclic amines) is 1. The fraction of sp³-hybridized carbons (Fsp3) is 0.429. The van der Waals surface area contributed by atoms with Gasteiger partial charge in [0.05, 0.1) is 11.6 Å². The monoisotopic (exact) mass is 452 g/mol. The number of rotatable bonds is 5. The number of hydrogen-bond acceptors (Lipinski definition) is 4. The average molecular weight is 453 g/mol. The Morgan fingerprint density at radius 3 is 2.09 bits per heavy atom. The van der Waals surface area contributed by atoms with E-state index in [9.17, 15) is 9.59 Å². The first-order valence-electron chi connectivity index (χ1n) is 12.4. The van der Waals surface area contributed by atoms with Crippen molar-refractivity contribution < 1.29 is 9.59 Å². The van der Waals surface area contributed by atoms with Gasteiger partial charge in [-0.1, -0.05) is 36.4 Å². The summed E-state index contributed by atoms with van der Waals surface area (Å²) < 4.78 is 0. The lowest BCUT2D eigenvalue weighted by Gasteiger charge is -2.34. The number of carbonyl (C=O) groups excluding carboxylic acids is 2. The van der Waals surface area contributed by atoms with Gasteiger partial charge in [-0.05, 0) is 67.7 Å². The maximum Gasteiger partial charge on any atom is 0.256 e. The lowest BCUT2D eigenvalue weighted by Crippen LogP contribution is -2.45. The Morgan fingerprint density at radius 2 is 1.53 bits per heavy atom. The fourth-order valence-electron chi connectivity index (χ4n) is 5.22. The van der Waals surface area contributed by atoms with Crippen LogP contribution in [-0.2, 0) is 9.59 Å². The van der Waals surface area contributed by atoms with Crippen molar-refractivity contribution >= 4 is 17.6 Å². The summed E-state index contributed by atoms with van der Waals surface area (Å²) in [4.78, 5) is 34.5. The number of aliphatic imine (C=N–C) groups is 1. The SMILES string of the molecule is N#Cc1ccc(-c2ccc(C3=NC4(CC4)C(=O)N3CC3CCN(C(=O)C4CC4)CC3)cc2)cc1. The molecule has 34 heavy (non-hydrogen) atoms.